The van der Waals surface area contributed by atoms with Gasteiger partial charge in [-0.15, -0.1) is 30.6 Å². The number of amides is 3. The summed E-state index contributed by atoms with van der Waals surface area (Å²) in [5, 5.41) is 41.0. The lowest BCUT2D eigenvalue weighted by Gasteiger charge is -2.09. The van der Waals surface area contributed by atoms with Crippen molar-refractivity contribution < 1.29 is 62.5 Å². The minimum Gasteiger partial charge on any atom is -0.476 e. The number of benzene rings is 5. The Morgan fingerprint density at radius 2 is 0.870 bits per heavy atom. The summed E-state index contributed by atoms with van der Waals surface area (Å²) in [5.74, 6) is -0.485. The van der Waals surface area contributed by atoms with Gasteiger partial charge in [0.2, 0.25) is 15.0 Å². The van der Waals surface area contributed by atoms with Crippen LogP contribution in [0.1, 0.15) is 105 Å². The SMILES string of the molecule is CCOC(=O)C(=O)Cl.CCOC(=O)C(=O)NCC(=O)c1cccc(Cl)c1.CCOC(=O)c1nnc(-c2cccc(Cl)c2)s1.Cc1cc(-c2ncc(CN)cc2C)ccn1.Cc1cc(-c2ncc(CNC(=O)c3nnc(-c4cccc(Cl)c4)s3)cc2C)ccn1.NNC(=O)c1cccc(Cl)c1.O=C(O)c1nnc(-c2cccc(Cl)c2)s1. The molecule has 0 fully saturated rings. The first-order valence-corrected chi connectivity index (χ1v) is 38.6. The van der Waals surface area contributed by atoms with E-state index in [1.165, 1.54) is 28.7 Å². The summed E-state index contributed by atoms with van der Waals surface area (Å²) in [6.07, 6.45) is 7.19. The number of carboxylic acid groups (broad SMARTS) is 1. The van der Waals surface area contributed by atoms with E-state index in [9.17, 15) is 43.2 Å². The predicted molar refractivity (Wildman–Crippen MR) is 443 cm³/mol. The van der Waals surface area contributed by atoms with Gasteiger partial charge in [0.05, 0.1) is 37.8 Å². The Hall–Kier alpha value is -11.3. The van der Waals surface area contributed by atoms with Crippen LogP contribution < -0.4 is 27.6 Å². The van der Waals surface area contributed by atoms with Crippen molar-refractivity contribution in [3.05, 3.63) is 267 Å². The van der Waals surface area contributed by atoms with Gasteiger partial charge in [-0.05, 0) is 173 Å². The number of rotatable bonds is 19. The maximum atomic E-state index is 12.5. The number of aryl methyl sites for hydroxylation is 4. The molecule has 28 nitrogen and oxygen atoms in total. The number of hydrogen-bond acceptors (Lipinski definition) is 27. The number of carbonyl (C=O) groups excluding carboxylic acids is 8. The van der Waals surface area contributed by atoms with Gasteiger partial charge in [-0.1, -0.05) is 159 Å². The van der Waals surface area contributed by atoms with E-state index in [2.05, 4.69) is 83.6 Å². The normalized spacial score (nSPS) is 10.1. The van der Waals surface area contributed by atoms with Crippen molar-refractivity contribution in [2.24, 2.45) is 11.6 Å². The number of aromatic carboxylic acids is 1. The molecule has 0 saturated carbocycles. The number of Topliss-reactive ketones (excluding diaryl/α,β-unsaturated/α-hetero) is 1. The molecular formula is C78H71Cl6N15O13S3. The number of aromatic nitrogens is 10. The fourth-order valence-electron chi connectivity index (χ4n) is 9.15. The Balaban J connectivity index is 0.000000216. The van der Waals surface area contributed by atoms with Crippen LogP contribution in [0, 0.1) is 27.7 Å². The van der Waals surface area contributed by atoms with E-state index in [1.54, 1.807) is 124 Å². The lowest BCUT2D eigenvalue weighted by molar-refractivity contribution is -0.154. The molecule has 0 aliphatic carbocycles. The Bertz CT molecular complexity index is 5370. The van der Waals surface area contributed by atoms with Crippen molar-refractivity contribution in [1.82, 2.24) is 66.6 Å². The first-order valence-electron chi connectivity index (χ1n) is 33.8. The van der Waals surface area contributed by atoms with Crippen molar-refractivity contribution in [3.8, 4) is 54.2 Å². The van der Waals surface area contributed by atoms with Crippen LogP contribution >= 0.6 is 104 Å². The molecule has 0 atom stereocenters. The third-order valence-corrected chi connectivity index (χ3v) is 18.5. The van der Waals surface area contributed by atoms with Crippen LogP contribution in [0.4, 0.5) is 0 Å². The molecule has 596 valence electrons. The van der Waals surface area contributed by atoms with Gasteiger partial charge in [-0.2, -0.15) is 0 Å². The van der Waals surface area contributed by atoms with Crippen LogP contribution in [-0.2, 0) is 46.5 Å². The van der Waals surface area contributed by atoms with E-state index in [-0.39, 0.29) is 47.4 Å². The zero-order chi connectivity index (χ0) is 84.1. The van der Waals surface area contributed by atoms with Gasteiger partial charge in [0.25, 0.3) is 11.8 Å². The number of carboxylic acids is 1. The molecule has 8 N–H and O–H groups in total. The van der Waals surface area contributed by atoms with Gasteiger partial charge in [0.1, 0.15) is 15.0 Å². The molecule has 37 heteroatoms. The number of hydrazine groups is 1. The topological polar surface area (TPSA) is 419 Å². The number of esters is 3. The van der Waals surface area contributed by atoms with Crippen molar-refractivity contribution in [1.29, 1.82) is 0 Å². The van der Waals surface area contributed by atoms with Crippen molar-refractivity contribution in [2.75, 3.05) is 26.4 Å². The fourth-order valence-corrected chi connectivity index (χ4v) is 12.3. The molecule has 0 aliphatic heterocycles. The third-order valence-electron chi connectivity index (χ3n) is 14.3. The smallest absolute Gasteiger partial charge is 0.396 e. The third kappa shape index (κ3) is 31.2. The maximum Gasteiger partial charge on any atom is 0.396 e. The quantitative estimate of drug-likeness (QED) is 0.00640. The highest BCUT2D eigenvalue weighted by atomic mass is 35.5. The molecule has 5 aromatic carbocycles. The van der Waals surface area contributed by atoms with Crippen LogP contribution in [0.2, 0.25) is 25.1 Å². The molecule has 0 aliphatic rings. The number of carbonyl (C=O) groups is 9. The van der Waals surface area contributed by atoms with Gasteiger partial charge >= 0.3 is 35.0 Å². The first-order chi connectivity index (χ1) is 55.0. The van der Waals surface area contributed by atoms with E-state index in [1.807, 2.05) is 93.2 Å². The Kier molecular flexibility index (Phi) is 38.6. The van der Waals surface area contributed by atoms with Crippen LogP contribution in [0.5, 0.6) is 0 Å². The van der Waals surface area contributed by atoms with E-state index in [4.69, 9.17) is 91.0 Å². The van der Waals surface area contributed by atoms with Gasteiger partial charge in [0, 0.05) is 113 Å². The summed E-state index contributed by atoms with van der Waals surface area (Å²) < 4.78 is 13.5. The lowest BCUT2D eigenvalue weighted by atomic mass is 10.1. The number of nitrogens with zero attached hydrogens (tertiary/aromatic N) is 10. The van der Waals surface area contributed by atoms with E-state index in [0.29, 0.717) is 76.0 Å². The molecule has 0 spiro atoms. The molecular weight excluding hydrogens is 1660 g/mol. The molecule has 115 heavy (non-hydrogen) atoms. The van der Waals surface area contributed by atoms with E-state index >= 15 is 0 Å². The fraction of sp³-hybridized carbons (Fsp3) is 0.167. The average molecular weight is 1740 g/mol. The van der Waals surface area contributed by atoms with Crippen molar-refractivity contribution in [2.45, 2.75) is 61.6 Å². The molecule has 12 aromatic rings. The van der Waals surface area contributed by atoms with Crippen molar-refractivity contribution in [3.63, 3.8) is 0 Å². The highest BCUT2D eigenvalue weighted by Crippen LogP contribution is 2.30. The molecule has 3 amide bonds. The van der Waals surface area contributed by atoms with E-state index in [0.717, 1.165) is 84.2 Å². The van der Waals surface area contributed by atoms with Crippen LogP contribution in [0.15, 0.2) is 183 Å². The molecule has 0 saturated heterocycles. The molecule has 7 aromatic heterocycles. The van der Waals surface area contributed by atoms with Gasteiger partial charge < -0.3 is 35.7 Å². The number of ether oxygens (including phenoxy) is 3. The van der Waals surface area contributed by atoms with Crippen LogP contribution in [0.25, 0.3) is 54.2 Å². The molecule has 0 bridgehead atoms. The summed E-state index contributed by atoms with van der Waals surface area (Å²) in [4.78, 5) is 116. The minimum atomic E-state index is -1.08. The summed E-state index contributed by atoms with van der Waals surface area (Å²) in [6, 6.07) is 46.5. The number of halogens is 6. The number of hydrogen-bond donors (Lipinski definition) is 6. The summed E-state index contributed by atoms with van der Waals surface area (Å²) >= 11 is 37.2. The predicted octanol–water partition coefficient (Wildman–Crippen LogP) is 15.1. The Labute approximate surface area is 701 Å². The van der Waals surface area contributed by atoms with Crippen molar-refractivity contribution >= 4 is 156 Å². The summed E-state index contributed by atoms with van der Waals surface area (Å²) in [6.45, 7) is 14.1. The van der Waals surface area contributed by atoms with Gasteiger partial charge in [-0.3, -0.25) is 49.3 Å². The second-order valence-electron chi connectivity index (χ2n) is 22.9. The van der Waals surface area contributed by atoms with Gasteiger partial charge in [-0.25, -0.2) is 25.0 Å². The van der Waals surface area contributed by atoms with E-state index < -0.39 is 35.0 Å². The maximum absolute atomic E-state index is 12.5. The summed E-state index contributed by atoms with van der Waals surface area (Å²) in [7, 11) is 0. The molecule has 0 radical (unpaired) electrons. The zero-order valence-electron chi connectivity index (χ0n) is 62.0. The Morgan fingerprint density at radius 1 is 0.452 bits per heavy atom. The number of ketones is 1. The lowest BCUT2D eigenvalue weighted by Crippen LogP contribution is -2.36. The number of nitrogen functional groups attached to an aromatic ring is 1. The monoisotopic (exact) mass is 1730 g/mol. The largest absolute Gasteiger partial charge is 0.476 e. The first kappa shape index (κ1) is 92.5. The second kappa shape index (κ2) is 48.0. The molecule has 12 rings (SSSR count). The van der Waals surface area contributed by atoms with Crippen LogP contribution in [-0.4, -0.2) is 135 Å². The Morgan fingerprint density at radius 3 is 1.29 bits per heavy atom. The standard InChI is InChI=1S/C22H18ClN5OS.C13H15N3.C12H12ClNO4.C11H9ClN2O2S.C9H5ClN2O2S.C7H7ClN2O.C4H5ClO3/c1-13-8-15(11-25-19(13)16-6-7-24-14(2)9-16)12-26-20(29)22-28-27-21(30-22)17-4-3-5-18(23)10-17;1-9-5-11(7-14)8-16-13(9)12-3-4-15-10(2)6-12;1-2-18-12(17)11(16)14-7-10(15)8-4-3-5-9(13)6-8;1-2-16-11(15)10-14-13-9(17-10)7-4-3-5-8(12)6-7;10-6-3-1-2-5(4-6)7-11-12-8(15-7)9(13)14;8-6-3-1-2-5(4-6)7(11)10-9;1-2-8-4(7)3(5)6/h3-11H,12H2,1-2H3,(H,26,29);3-6,8H,7,14H2,1-2H3;3-6H,2,7H2,1H3,(H,14,16);3-6H,2H2,1H3;1-4H,(H,13,14);1-4H,9H2,(H,10,11);2H2,1H3. The highest BCUT2D eigenvalue weighted by Gasteiger charge is 2.20. The molecule has 7 heterocycles. The molecule has 0 unspecified atom stereocenters. The number of nitrogens with two attached hydrogens (primary N) is 2. The highest BCUT2D eigenvalue weighted by molar-refractivity contribution is 7.17. The average Bonchev–Trinajstić information content (AvgIpc) is 1.78. The number of nitrogens with one attached hydrogen (secondary N) is 3. The minimum absolute atomic E-state index is 0.0232. The van der Waals surface area contributed by atoms with Crippen LogP contribution in [0.3, 0.4) is 0 Å². The zero-order valence-corrected chi connectivity index (χ0v) is 69.0. The van der Waals surface area contributed by atoms with Gasteiger partial charge in [0.15, 0.2) is 5.78 Å². The second-order valence-corrected chi connectivity index (χ2v) is 28.3. The number of pyridine rings is 4. The summed E-state index contributed by atoms with van der Waals surface area (Å²) in [5.41, 5.74) is 21.0.